The Morgan fingerprint density at radius 2 is 1.60 bits per heavy atom. The van der Waals surface area contributed by atoms with E-state index in [2.05, 4.69) is 10.3 Å². The average Bonchev–Trinajstić information content (AvgIpc) is 3.05. The molecule has 4 aliphatic rings. The molecule has 0 spiro atoms. The van der Waals surface area contributed by atoms with Crippen LogP contribution >= 0.6 is 23.2 Å². The van der Waals surface area contributed by atoms with Gasteiger partial charge in [0.25, 0.3) is 5.91 Å². The molecule has 1 aromatic heterocycles. The largest absolute Gasteiger partial charge is 0.434 e. The summed E-state index contributed by atoms with van der Waals surface area (Å²) in [5.41, 5.74) is -2.27. The Hall–Kier alpha value is -1.73. The molecule has 0 atom stereocenters. The van der Waals surface area contributed by atoms with Crippen molar-refractivity contribution in [3.63, 3.8) is 0 Å². The Kier molecular flexibility index (Phi) is 4.64. The van der Waals surface area contributed by atoms with Crippen LogP contribution in [0.25, 0.3) is 5.69 Å². The number of carbonyl (C=O) groups excluding carboxylic acids is 1. The molecule has 4 bridgehead atoms. The normalized spacial score (nSPS) is 30.0. The number of hydrogen-bond donors (Lipinski definition) is 1. The van der Waals surface area contributed by atoms with Gasteiger partial charge in [-0.15, -0.1) is 0 Å². The van der Waals surface area contributed by atoms with E-state index in [1.807, 2.05) is 0 Å². The number of aromatic nitrogens is 2. The molecule has 160 valence electrons. The van der Waals surface area contributed by atoms with Crippen molar-refractivity contribution in [1.29, 1.82) is 0 Å². The third-order valence-electron chi connectivity index (χ3n) is 6.85. The van der Waals surface area contributed by atoms with Gasteiger partial charge in [0.05, 0.1) is 15.7 Å². The van der Waals surface area contributed by atoms with Crippen molar-refractivity contribution in [1.82, 2.24) is 14.9 Å². The number of hydrogen-bond acceptors (Lipinski definition) is 2. The van der Waals surface area contributed by atoms with E-state index in [1.165, 1.54) is 31.4 Å². The summed E-state index contributed by atoms with van der Waals surface area (Å²) in [7, 11) is 0. The zero-order valence-electron chi connectivity index (χ0n) is 16.0. The SMILES string of the molecule is O=C(NC12CC3CC(CC(C3)C1)C2)c1ncn(-c2c(Cl)cccc2Cl)c1C(F)(F)F. The van der Waals surface area contributed by atoms with Crippen molar-refractivity contribution in [3.05, 3.63) is 46.0 Å². The van der Waals surface area contributed by atoms with Crippen molar-refractivity contribution < 1.29 is 18.0 Å². The minimum Gasteiger partial charge on any atom is -0.345 e. The van der Waals surface area contributed by atoms with Crippen LogP contribution in [0.1, 0.15) is 54.7 Å². The Labute approximate surface area is 181 Å². The Bertz CT molecular complexity index is 962. The molecule has 1 amide bonds. The Morgan fingerprint density at radius 1 is 1.07 bits per heavy atom. The fraction of sp³-hybridized carbons (Fsp3) is 0.524. The van der Waals surface area contributed by atoms with Crippen LogP contribution in [0.3, 0.4) is 0 Å². The van der Waals surface area contributed by atoms with Crippen molar-refractivity contribution >= 4 is 29.1 Å². The van der Waals surface area contributed by atoms with E-state index >= 15 is 0 Å². The van der Waals surface area contributed by atoms with Gasteiger partial charge < -0.3 is 5.32 Å². The van der Waals surface area contributed by atoms with Crippen LogP contribution in [0.5, 0.6) is 0 Å². The molecule has 4 nitrogen and oxygen atoms in total. The molecular weight excluding hydrogens is 438 g/mol. The summed E-state index contributed by atoms with van der Waals surface area (Å²) in [6, 6.07) is 4.43. The standard InChI is InChI=1S/C21H20Cl2F3N3O/c22-14-2-1-3-15(23)17(14)29-10-27-16(18(29)21(24,25)26)19(30)28-20-7-11-4-12(8-20)6-13(5-11)9-20/h1-3,10-13H,4-9H2,(H,28,30). The summed E-state index contributed by atoms with van der Waals surface area (Å²) in [6.45, 7) is 0. The maximum Gasteiger partial charge on any atom is 0.434 e. The van der Waals surface area contributed by atoms with Gasteiger partial charge in [0.1, 0.15) is 6.33 Å². The molecule has 30 heavy (non-hydrogen) atoms. The van der Waals surface area contributed by atoms with E-state index in [-0.39, 0.29) is 15.7 Å². The molecular formula is C21H20Cl2F3N3O. The lowest BCUT2D eigenvalue weighted by atomic mass is 9.53. The molecule has 9 heteroatoms. The number of amides is 1. The monoisotopic (exact) mass is 457 g/mol. The summed E-state index contributed by atoms with van der Waals surface area (Å²) < 4.78 is 42.8. The van der Waals surface area contributed by atoms with Crippen molar-refractivity contribution in [2.45, 2.75) is 50.2 Å². The first-order valence-electron chi connectivity index (χ1n) is 10.1. The fourth-order valence-electron chi connectivity index (χ4n) is 6.24. The van der Waals surface area contributed by atoms with Gasteiger partial charge in [0, 0.05) is 5.54 Å². The molecule has 0 radical (unpaired) electrons. The highest BCUT2D eigenvalue weighted by atomic mass is 35.5. The van der Waals surface area contributed by atoms with Crippen LogP contribution in [0, 0.1) is 17.8 Å². The molecule has 0 unspecified atom stereocenters. The molecule has 1 N–H and O–H groups in total. The number of imidazole rings is 1. The predicted molar refractivity (Wildman–Crippen MR) is 107 cm³/mol. The second-order valence-corrected chi connectivity index (χ2v) is 9.85. The van der Waals surface area contributed by atoms with E-state index in [0.717, 1.165) is 30.2 Å². The first kappa shape index (κ1) is 20.2. The third-order valence-corrected chi connectivity index (χ3v) is 7.46. The van der Waals surface area contributed by atoms with Gasteiger partial charge in [-0.25, -0.2) is 4.98 Å². The van der Waals surface area contributed by atoms with Crippen molar-refractivity contribution in [2.24, 2.45) is 17.8 Å². The van der Waals surface area contributed by atoms with Gasteiger partial charge in [0.15, 0.2) is 11.4 Å². The summed E-state index contributed by atoms with van der Waals surface area (Å²) >= 11 is 12.2. The molecule has 4 saturated carbocycles. The molecule has 0 saturated heterocycles. The van der Waals surface area contributed by atoms with E-state index < -0.39 is 29.0 Å². The van der Waals surface area contributed by atoms with Gasteiger partial charge in [-0.2, -0.15) is 13.2 Å². The van der Waals surface area contributed by atoms with Gasteiger partial charge in [-0.05, 0) is 68.4 Å². The second kappa shape index (κ2) is 6.89. The van der Waals surface area contributed by atoms with Gasteiger partial charge in [0.2, 0.25) is 0 Å². The fourth-order valence-corrected chi connectivity index (χ4v) is 6.82. The van der Waals surface area contributed by atoms with E-state index in [4.69, 9.17) is 23.2 Å². The second-order valence-electron chi connectivity index (χ2n) is 9.03. The molecule has 1 aromatic carbocycles. The van der Waals surface area contributed by atoms with Crippen molar-refractivity contribution in [2.75, 3.05) is 0 Å². The van der Waals surface area contributed by atoms with Gasteiger partial charge in [-0.1, -0.05) is 29.3 Å². The third kappa shape index (κ3) is 3.30. The summed E-state index contributed by atoms with van der Waals surface area (Å²) in [6.07, 6.45) is 2.17. The van der Waals surface area contributed by atoms with Crippen LogP contribution in [0.4, 0.5) is 13.2 Å². The number of carbonyl (C=O) groups is 1. The average molecular weight is 458 g/mol. The van der Waals surface area contributed by atoms with E-state index in [9.17, 15) is 18.0 Å². The van der Waals surface area contributed by atoms with E-state index in [1.54, 1.807) is 6.07 Å². The number of halogens is 5. The first-order chi connectivity index (χ1) is 14.2. The Balaban J connectivity index is 1.52. The number of nitrogens with zero attached hydrogens (tertiary/aromatic N) is 2. The van der Waals surface area contributed by atoms with Crippen LogP contribution in [0.15, 0.2) is 24.5 Å². The summed E-state index contributed by atoms with van der Waals surface area (Å²) in [4.78, 5) is 16.9. The van der Waals surface area contributed by atoms with Crippen LogP contribution in [-0.4, -0.2) is 21.0 Å². The number of nitrogens with one attached hydrogen (secondary N) is 1. The number of benzene rings is 1. The zero-order valence-corrected chi connectivity index (χ0v) is 17.5. The van der Waals surface area contributed by atoms with Gasteiger partial charge in [-0.3, -0.25) is 9.36 Å². The van der Waals surface area contributed by atoms with Crippen molar-refractivity contribution in [3.8, 4) is 5.69 Å². The molecule has 0 aliphatic heterocycles. The molecule has 1 heterocycles. The van der Waals surface area contributed by atoms with Crippen LogP contribution in [0.2, 0.25) is 10.0 Å². The van der Waals surface area contributed by atoms with Gasteiger partial charge >= 0.3 is 6.18 Å². The summed E-state index contributed by atoms with van der Waals surface area (Å²) in [5.74, 6) is 0.876. The topological polar surface area (TPSA) is 46.9 Å². The van der Waals surface area contributed by atoms with Crippen LogP contribution in [-0.2, 0) is 6.18 Å². The first-order valence-corrected chi connectivity index (χ1v) is 10.8. The molecule has 4 fully saturated rings. The number of para-hydroxylation sites is 1. The predicted octanol–water partition coefficient (Wildman–Crippen LogP) is 5.90. The maximum absolute atomic E-state index is 14.0. The highest BCUT2D eigenvalue weighted by Gasteiger charge is 2.52. The zero-order chi connectivity index (χ0) is 21.3. The molecule has 6 rings (SSSR count). The minimum absolute atomic E-state index is 0.0402. The lowest BCUT2D eigenvalue weighted by molar-refractivity contribution is -0.142. The molecule has 2 aromatic rings. The summed E-state index contributed by atoms with van der Waals surface area (Å²) in [5, 5.41) is 3.05. The lowest BCUT2D eigenvalue weighted by Crippen LogP contribution is -2.60. The highest BCUT2D eigenvalue weighted by molar-refractivity contribution is 6.37. The van der Waals surface area contributed by atoms with E-state index in [0.29, 0.717) is 17.8 Å². The highest BCUT2D eigenvalue weighted by Crippen LogP contribution is 2.55. The number of rotatable bonds is 3. The smallest absolute Gasteiger partial charge is 0.345 e. The number of alkyl halides is 3. The van der Waals surface area contributed by atoms with Crippen LogP contribution < -0.4 is 5.32 Å². The molecule has 4 aliphatic carbocycles. The lowest BCUT2D eigenvalue weighted by Gasteiger charge is -2.56. The quantitative estimate of drug-likeness (QED) is 0.623. The Morgan fingerprint density at radius 3 is 2.10 bits per heavy atom. The maximum atomic E-state index is 14.0. The minimum atomic E-state index is -4.81.